The predicted octanol–water partition coefficient (Wildman–Crippen LogP) is 7.08. The molecule has 172 valence electrons. The van der Waals surface area contributed by atoms with E-state index in [9.17, 15) is 4.79 Å². The van der Waals surface area contributed by atoms with Gasteiger partial charge in [-0.15, -0.1) is 0 Å². The molecule has 3 nitrogen and oxygen atoms in total. The molecular formula is C29H32O3S. The average Bonchev–Trinajstić information content (AvgIpc) is 2.88. The number of benzene rings is 3. The van der Waals surface area contributed by atoms with Crippen LogP contribution in [0, 0.1) is 0 Å². The second-order valence-electron chi connectivity index (χ2n) is 7.75. The highest BCUT2D eigenvalue weighted by Crippen LogP contribution is 2.34. The van der Waals surface area contributed by atoms with Crippen LogP contribution in [0.4, 0.5) is 0 Å². The van der Waals surface area contributed by atoms with Crippen molar-refractivity contribution in [3.63, 3.8) is 0 Å². The maximum Gasteiger partial charge on any atom is 0.315 e. The summed E-state index contributed by atoms with van der Waals surface area (Å²) >= 11 is 3.89. The minimum absolute atomic E-state index is 0.130. The van der Waals surface area contributed by atoms with Gasteiger partial charge in [0.15, 0.2) is 0 Å². The summed E-state index contributed by atoms with van der Waals surface area (Å²) in [5.41, 5.74) is 6.23. The highest BCUT2D eigenvalue weighted by atomic mass is 32.1. The molecule has 0 saturated carbocycles. The molecule has 4 heteroatoms. The van der Waals surface area contributed by atoms with Gasteiger partial charge in [0, 0.05) is 0 Å². The van der Waals surface area contributed by atoms with Gasteiger partial charge in [0.1, 0.15) is 5.75 Å². The van der Waals surface area contributed by atoms with Gasteiger partial charge in [-0.25, -0.2) is 0 Å². The first kappa shape index (κ1) is 24.7. The number of thiol groups is 1. The molecule has 3 aromatic carbocycles. The van der Waals surface area contributed by atoms with E-state index in [4.69, 9.17) is 9.47 Å². The molecule has 0 radical (unpaired) electrons. The van der Waals surface area contributed by atoms with Crippen LogP contribution in [0.2, 0.25) is 0 Å². The van der Waals surface area contributed by atoms with E-state index in [-0.39, 0.29) is 11.7 Å². The fraction of sp³-hybridized carbons (Fsp3) is 0.276. The molecule has 3 aromatic rings. The quantitative estimate of drug-likeness (QED) is 0.136. The fourth-order valence-corrected chi connectivity index (χ4v) is 3.90. The van der Waals surface area contributed by atoms with Gasteiger partial charge in [-0.2, -0.15) is 12.6 Å². The maximum atomic E-state index is 11.1. The van der Waals surface area contributed by atoms with Crippen LogP contribution in [0.25, 0.3) is 11.1 Å². The molecule has 0 aliphatic carbocycles. The minimum atomic E-state index is -0.267. The van der Waals surface area contributed by atoms with Crippen LogP contribution in [0.15, 0.2) is 84.9 Å². The van der Waals surface area contributed by atoms with Crippen molar-refractivity contribution >= 4 is 29.7 Å². The van der Waals surface area contributed by atoms with Gasteiger partial charge < -0.3 is 9.47 Å². The van der Waals surface area contributed by atoms with Gasteiger partial charge in [-0.05, 0) is 65.7 Å². The third kappa shape index (κ3) is 7.54. The van der Waals surface area contributed by atoms with E-state index in [1.807, 2.05) is 12.1 Å². The monoisotopic (exact) mass is 460 g/mol. The minimum Gasteiger partial charge on any atom is -0.494 e. The lowest BCUT2D eigenvalue weighted by molar-refractivity contribution is -0.140. The van der Waals surface area contributed by atoms with Gasteiger partial charge in [0.2, 0.25) is 0 Å². The first-order chi connectivity index (χ1) is 16.2. The molecule has 0 heterocycles. The summed E-state index contributed by atoms with van der Waals surface area (Å²) < 4.78 is 11.0. The highest BCUT2D eigenvalue weighted by Gasteiger charge is 2.13. The van der Waals surface area contributed by atoms with Crippen molar-refractivity contribution < 1.29 is 14.3 Å². The third-order valence-electron chi connectivity index (χ3n) is 5.43. The van der Waals surface area contributed by atoms with Crippen molar-refractivity contribution in [3.8, 4) is 5.75 Å². The van der Waals surface area contributed by atoms with E-state index in [1.54, 1.807) is 0 Å². The Kier molecular flexibility index (Phi) is 10.1. The summed E-state index contributed by atoms with van der Waals surface area (Å²) in [6.07, 6.45) is 3.65. The van der Waals surface area contributed by atoms with Crippen LogP contribution >= 0.6 is 12.6 Å². The van der Waals surface area contributed by atoms with Crippen molar-refractivity contribution in [1.29, 1.82) is 0 Å². The largest absolute Gasteiger partial charge is 0.494 e. The van der Waals surface area contributed by atoms with E-state index < -0.39 is 0 Å². The number of allylic oxidation sites excluding steroid dienone is 1. The number of rotatable bonds is 12. The summed E-state index contributed by atoms with van der Waals surface area (Å²) in [6.45, 7) is 3.30. The van der Waals surface area contributed by atoms with E-state index in [0.29, 0.717) is 13.2 Å². The Bertz CT molecular complexity index is 1010. The molecule has 0 saturated heterocycles. The Balaban J connectivity index is 1.68. The molecule has 0 spiro atoms. The van der Waals surface area contributed by atoms with Gasteiger partial charge in [-0.3, -0.25) is 4.79 Å². The third-order valence-corrected chi connectivity index (χ3v) is 5.69. The SMILES string of the molecule is CC/C(=C(\c1ccccc1)c1ccc(OCCCCCOC(=O)CS)cc1)c1ccccc1. The second kappa shape index (κ2) is 13.5. The van der Waals surface area contributed by atoms with Crippen LogP contribution in [-0.2, 0) is 9.53 Å². The number of ether oxygens (including phenoxy) is 2. The van der Waals surface area contributed by atoms with Gasteiger partial charge in [0.25, 0.3) is 0 Å². The van der Waals surface area contributed by atoms with E-state index >= 15 is 0 Å². The molecule has 0 amide bonds. The molecule has 0 unspecified atom stereocenters. The zero-order valence-electron chi connectivity index (χ0n) is 19.2. The molecule has 3 rings (SSSR count). The van der Waals surface area contributed by atoms with Crippen LogP contribution in [0.3, 0.4) is 0 Å². The zero-order valence-corrected chi connectivity index (χ0v) is 20.1. The summed E-state index contributed by atoms with van der Waals surface area (Å²) in [7, 11) is 0. The topological polar surface area (TPSA) is 35.5 Å². The molecule has 0 aliphatic heterocycles. The summed E-state index contributed by atoms with van der Waals surface area (Å²) in [5, 5.41) is 0. The van der Waals surface area contributed by atoms with E-state index in [0.717, 1.165) is 31.4 Å². The number of carbonyl (C=O) groups excluding carboxylic acids is 1. The zero-order chi connectivity index (χ0) is 23.3. The molecule has 0 bridgehead atoms. The van der Waals surface area contributed by atoms with Crippen LogP contribution < -0.4 is 4.74 Å². The average molecular weight is 461 g/mol. The normalized spacial score (nSPS) is 11.6. The van der Waals surface area contributed by atoms with Crippen molar-refractivity contribution in [2.45, 2.75) is 32.6 Å². The fourth-order valence-electron chi connectivity index (χ4n) is 3.80. The summed E-state index contributed by atoms with van der Waals surface area (Å²) in [6, 6.07) is 29.6. The molecule has 0 N–H and O–H groups in total. The van der Waals surface area contributed by atoms with Crippen molar-refractivity contribution in [2.75, 3.05) is 19.0 Å². The second-order valence-corrected chi connectivity index (χ2v) is 8.07. The Morgan fingerprint density at radius 3 is 1.91 bits per heavy atom. The Morgan fingerprint density at radius 1 is 0.727 bits per heavy atom. The first-order valence-corrected chi connectivity index (χ1v) is 12.2. The van der Waals surface area contributed by atoms with Crippen LogP contribution in [0.5, 0.6) is 5.75 Å². The van der Waals surface area contributed by atoms with Gasteiger partial charge in [-0.1, -0.05) is 79.7 Å². The maximum absolute atomic E-state index is 11.1. The van der Waals surface area contributed by atoms with Crippen LogP contribution in [0.1, 0.15) is 49.3 Å². The molecule has 0 fully saturated rings. The van der Waals surface area contributed by atoms with Gasteiger partial charge >= 0.3 is 5.97 Å². The molecule has 0 aromatic heterocycles. The number of carbonyl (C=O) groups is 1. The van der Waals surface area contributed by atoms with E-state index in [1.165, 1.54) is 27.8 Å². The van der Waals surface area contributed by atoms with E-state index in [2.05, 4.69) is 92.3 Å². The summed E-state index contributed by atoms with van der Waals surface area (Å²) in [5.74, 6) is 0.730. The lowest BCUT2D eigenvalue weighted by Gasteiger charge is -2.17. The van der Waals surface area contributed by atoms with Gasteiger partial charge in [0.05, 0.1) is 19.0 Å². The highest BCUT2D eigenvalue weighted by molar-refractivity contribution is 7.81. The lowest BCUT2D eigenvalue weighted by Crippen LogP contribution is -2.07. The Hall–Kier alpha value is -2.98. The lowest BCUT2D eigenvalue weighted by atomic mass is 9.88. The number of unbranched alkanes of at least 4 members (excludes halogenated alkanes) is 2. The molecule has 0 aliphatic rings. The molecule has 33 heavy (non-hydrogen) atoms. The standard InChI is InChI=1S/C29H32O3S/c1-2-27(23-12-6-3-7-13-23)29(24-14-8-4-9-15-24)25-16-18-26(19-17-25)31-20-10-5-11-21-32-28(30)22-33/h3-4,6-9,12-19,33H,2,5,10-11,20-22H2,1H3/b29-27-. The van der Waals surface area contributed by atoms with Crippen molar-refractivity contribution in [3.05, 3.63) is 102 Å². The predicted molar refractivity (Wildman–Crippen MR) is 140 cm³/mol. The Morgan fingerprint density at radius 2 is 1.30 bits per heavy atom. The number of hydrogen-bond donors (Lipinski definition) is 1. The number of hydrogen-bond acceptors (Lipinski definition) is 4. The molecule has 0 atom stereocenters. The molecular weight excluding hydrogens is 428 g/mol. The first-order valence-electron chi connectivity index (χ1n) is 11.6. The van der Waals surface area contributed by atoms with Crippen LogP contribution in [-0.4, -0.2) is 24.9 Å². The smallest absolute Gasteiger partial charge is 0.315 e. The Labute approximate surface area is 202 Å². The van der Waals surface area contributed by atoms with Crippen molar-refractivity contribution in [2.24, 2.45) is 0 Å². The summed E-state index contributed by atoms with van der Waals surface area (Å²) in [4.78, 5) is 11.1. The number of esters is 1. The van der Waals surface area contributed by atoms with Crippen molar-refractivity contribution in [1.82, 2.24) is 0 Å².